The SMILES string of the molecule is COc1ccccc1N1CCN(C(=O)CC(=O)NCc2ccccn2)CC1. The lowest BCUT2D eigenvalue weighted by atomic mass is 10.2. The van der Waals surface area contributed by atoms with Crippen LogP contribution in [0.25, 0.3) is 0 Å². The molecule has 0 bridgehead atoms. The predicted molar refractivity (Wildman–Crippen MR) is 102 cm³/mol. The average molecular weight is 368 g/mol. The predicted octanol–water partition coefficient (Wildman–Crippen LogP) is 1.45. The van der Waals surface area contributed by atoms with Gasteiger partial charge < -0.3 is 19.9 Å². The summed E-state index contributed by atoms with van der Waals surface area (Å²) in [6.07, 6.45) is 1.54. The topological polar surface area (TPSA) is 74.8 Å². The summed E-state index contributed by atoms with van der Waals surface area (Å²) in [5, 5.41) is 2.74. The summed E-state index contributed by atoms with van der Waals surface area (Å²) >= 11 is 0. The number of nitrogens with one attached hydrogen (secondary N) is 1. The lowest BCUT2D eigenvalue weighted by molar-refractivity contribution is -0.136. The van der Waals surface area contributed by atoms with Crippen LogP contribution in [0.5, 0.6) is 5.75 Å². The number of rotatable bonds is 6. The first-order valence-electron chi connectivity index (χ1n) is 8.99. The fourth-order valence-electron chi connectivity index (χ4n) is 3.09. The standard InChI is InChI=1S/C20H24N4O3/c1-27-18-8-3-2-7-17(18)23-10-12-24(13-11-23)20(26)14-19(25)22-15-16-6-4-5-9-21-16/h2-9H,10-15H2,1H3,(H,22,25). The van der Waals surface area contributed by atoms with E-state index in [0.29, 0.717) is 32.7 Å². The number of carbonyl (C=O) groups is 2. The monoisotopic (exact) mass is 368 g/mol. The maximum absolute atomic E-state index is 12.4. The number of methoxy groups -OCH3 is 1. The molecular formula is C20H24N4O3. The van der Waals surface area contributed by atoms with E-state index in [2.05, 4.69) is 15.2 Å². The van der Waals surface area contributed by atoms with Gasteiger partial charge in [0, 0.05) is 32.4 Å². The fourth-order valence-corrected chi connectivity index (χ4v) is 3.09. The molecule has 142 valence electrons. The third kappa shape index (κ3) is 4.97. The van der Waals surface area contributed by atoms with Crippen molar-refractivity contribution in [3.8, 4) is 5.75 Å². The van der Waals surface area contributed by atoms with E-state index in [-0.39, 0.29) is 18.2 Å². The van der Waals surface area contributed by atoms with Crippen molar-refractivity contribution in [2.75, 3.05) is 38.2 Å². The smallest absolute Gasteiger partial charge is 0.232 e. The van der Waals surface area contributed by atoms with Crippen molar-refractivity contribution in [3.63, 3.8) is 0 Å². The highest BCUT2D eigenvalue weighted by Gasteiger charge is 2.24. The molecule has 0 atom stereocenters. The molecular weight excluding hydrogens is 344 g/mol. The van der Waals surface area contributed by atoms with Gasteiger partial charge in [-0.05, 0) is 24.3 Å². The molecule has 1 aliphatic rings. The minimum Gasteiger partial charge on any atom is -0.495 e. The minimum absolute atomic E-state index is 0.137. The number of hydrogen-bond donors (Lipinski definition) is 1. The number of benzene rings is 1. The van der Waals surface area contributed by atoms with E-state index in [1.165, 1.54) is 0 Å². The third-order valence-electron chi connectivity index (χ3n) is 4.56. The molecule has 2 aromatic rings. The van der Waals surface area contributed by atoms with Gasteiger partial charge in [0.2, 0.25) is 11.8 Å². The minimum atomic E-state index is -0.280. The van der Waals surface area contributed by atoms with Gasteiger partial charge in [0.1, 0.15) is 12.2 Å². The number of pyridine rings is 1. The lowest BCUT2D eigenvalue weighted by Gasteiger charge is -2.36. The van der Waals surface area contributed by atoms with Crippen molar-refractivity contribution >= 4 is 17.5 Å². The van der Waals surface area contributed by atoms with Crippen molar-refractivity contribution in [1.82, 2.24) is 15.2 Å². The van der Waals surface area contributed by atoms with E-state index in [1.54, 1.807) is 18.2 Å². The van der Waals surface area contributed by atoms with Gasteiger partial charge in [-0.1, -0.05) is 18.2 Å². The van der Waals surface area contributed by atoms with Crippen LogP contribution in [0, 0.1) is 0 Å². The van der Waals surface area contributed by atoms with Crippen molar-refractivity contribution in [2.45, 2.75) is 13.0 Å². The molecule has 1 saturated heterocycles. The summed E-state index contributed by atoms with van der Waals surface area (Å²) in [6, 6.07) is 13.4. The highest BCUT2D eigenvalue weighted by molar-refractivity contribution is 5.96. The zero-order valence-electron chi connectivity index (χ0n) is 15.4. The Kier molecular flexibility index (Phi) is 6.25. The van der Waals surface area contributed by atoms with Crippen LogP contribution in [0.4, 0.5) is 5.69 Å². The van der Waals surface area contributed by atoms with E-state index < -0.39 is 0 Å². The third-order valence-corrected chi connectivity index (χ3v) is 4.56. The summed E-state index contributed by atoms with van der Waals surface area (Å²) in [5.41, 5.74) is 1.80. The molecule has 0 aliphatic carbocycles. The van der Waals surface area contributed by atoms with Crippen LogP contribution < -0.4 is 15.0 Å². The van der Waals surface area contributed by atoms with Crippen LogP contribution in [-0.2, 0) is 16.1 Å². The first-order chi connectivity index (χ1) is 13.2. The Morgan fingerprint density at radius 2 is 1.81 bits per heavy atom. The normalized spacial score (nSPS) is 14.0. The highest BCUT2D eigenvalue weighted by Crippen LogP contribution is 2.28. The Labute approximate surface area is 158 Å². The number of anilines is 1. The molecule has 27 heavy (non-hydrogen) atoms. The Morgan fingerprint density at radius 1 is 1.07 bits per heavy atom. The Morgan fingerprint density at radius 3 is 2.52 bits per heavy atom. The molecule has 0 saturated carbocycles. The summed E-state index contributed by atoms with van der Waals surface area (Å²) < 4.78 is 5.41. The molecule has 1 aromatic carbocycles. The zero-order chi connectivity index (χ0) is 19.1. The van der Waals surface area contributed by atoms with Crippen LogP contribution in [0.2, 0.25) is 0 Å². The number of hydrogen-bond acceptors (Lipinski definition) is 5. The largest absolute Gasteiger partial charge is 0.495 e. The number of para-hydroxylation sites is 2. The Balaban J connectivity index is 1.46. The number of nitrogens with zero attached hydrogens (tertiary/aromatic N) is 3. The number of aromatic nitrogens is 1. The van der Waals surface area contributed by atoms with Gasteiger partial charge in [-0.2, -0.15) is 0 Å². The average Bonchev–Trinajstić information content (AvgIpc) is 2.73. The van der Waals surface area contributed by atoms with Crippen LogP contribution in [0.3, 0.4) is 0 Å². The van der Waals surface area contributed by atoms with Gasteiger partial charge in [-0.3, -0.25) is 14.6 Å². The molecule has 2 heterocycles. The van der Waals surface area contributed by atoms with Crippen molar-refractivity contribution in [2.24, 2.45) is 0 Å². The number of piperazine rings is 1. The summed E-state index contributed by atoms with van der Waals surface area (Å²) in [4.78, 5) is 32.5. The Hall–Kier alpha value is -3.09. The van der Waals surface area contributed by atoms with E-state index in [4.69, 9.17) is 4.74 Å². The molecule has 7 nitrogen and oxygen atoms in total. The number of carbonyl (C=O) groups excluding carboxylic acids is 2. The molecule has 3 rings (SSSR count). The van der Waals surface area contributed by atoms with Gasteiger partial charge in [-0.25, -0.2) is 0 Å². The van der Waals surface area contributed by atoms with Gasteiger partial charge in [0.15, 0.2) is 0 Å². The molecule has 0 spiro atoms. The van der Waals surface area contributed by atoms with Crippen LogP contribution in [-0.4, -0.2) is 55.0 Å². The second kappa shape index (κ2) is 9.02. The number of amides is 2. The molecule has 2 amide bonds. The van der Waals surface area contributed by atoms with Crippen molar-refractivity contribution in [1.29, 1.82) is 0 Å². The van der Waals surface area contributed by atoms with E-state index in [9.17, 15) is 9.59 Å². The molecule has 1 N–H and O–H groups in total. The van der Waals surface area contributed by atoms with Crippen LogP contribution >= 0.6 is 0 Å². The van der Waals surface area contributed by atoms with Gasteiger partial charge in [0.25, 0.3) is 0 Å². The Bertz CT molecular complexity index is 774. The molecule has 7 heteroatoms. The first-order valence-corrected chi connectivity index (χ1v) is 8.99. The highest BCUT2D eigenvalue weighted by atomic mass is 16.5. The molecule has 1 aliphatic heterocycles. The molecule has 0 unspecified atom stereocenters. The van der Waals surface area contributed by atoms with Crippen molar-refractivity contribution < 1.29 is 14.3 Å². The van der Waals surface area contributed by atoms with Crippen molar-refractivity contribution in [3.05, 3.63) is 54.4 Å². The van der Waals surface area contributed by atoms with Crippen LogP contribution in [0.15, 0.2) is 48.7 Å². The zero-order valence-corrected chi connectivity index (χ0v) is 15.4. The summed E-state index contributed by atoms with van der Waals surface area (Å²) in [6.45, 7) is 2.92. The van der Waals surface area contributed by atoms with Gasteiger partial charge in [-0.15, -0.1) is 0 Å². The molecule has 0 radical (unpaired) electrons. The van der Waals surface area contributed by atoms with Gasteiger partial charge in [0.05, 0.1) is 25.0 Å². The lowest BCUT2D eigenvalue weighted by Crippen LogP contribution is -2.49. The maximum atomic E-state index is 12.4. The second-order valence-electron chi connectivity index (χ2n) is 6.31. The second-order valence-corrected chi connectivity index (χ2v) is 6.31. The van der Waals surface area contributed by atoms with Crippen LogP contribution in [0.1, 0.15) is 12.1 Å². The maximum Gasteiger partial charge on any atom is 0.232 e. The molecule has 1 fully saturated rings. The van der Waals surface area contributed by atoms with E-state index in [1.807, 2.05) is 42.5 Å². The molecule has 1 aromatic heterocycles. The summed E-state index contributed by atoms with van der Waals surface area (Å²) in [7, 11) is 1.65. The first kappa shape index (κ1) is 18.7. The van der Waals surface area contributed by atoms with Gasteiger partial charge >= 0.3 is 0 Å². The number of ether oxygens (including phenoxy) is 1. The summed E-state index contributed by atoms with van der Waals surface area (Å²) in [5.74, 6) is 0.400. The quantitative estimate of drug-likeness (QED) is 0.781. The van der Waals surface area contributed by atoms with E-state index in [0.717, 1.165) is 17.1 Å². The van der Waals surface area contributed by atoms with E-state index >= 15 is 0 Å². The fraction of sp³-hybridized carbons (Fsp3) is 0.350.